The quantitative estimate of drug-likeness (QED) is 0.744. The maximum absolute atomic E-state index is 12.2. The second-order valence-electron chi connectivity index (χ2n) is 5.04. The Labute approximate surface area is 155 Å². The summed E-state index contributed by atoms with van der Waals surface area (Å²) in [6, 6.07) is 9.45. The van der Waals surface area contributed by atoms with Gasteiger partial charge < -0.3 is 24.3 Å². The Kier molecular flexibility index (Phi) is 6.68. The summed E-state index contributed by atoms with van der Waals surface area (Å²) in [6.07, 6.45) is 0. The van der Waals surface area contributed by atoms with Crippen molar-refractivity contribution in [2.24, 2.45) is 0 Å². The molecule has 1 amide bonds. The summed E-state index contributed by atoms with van der Waals surface area (Å²) in [5, 5.41) is 2.96. The van der Waals surface area contributed by atoms with Crippen LogP contribution in [0, 0.1) is 0 Å². The summed E-state index contributed by atoms with van der Waals surface area (Å²) in [5.74, 6) is 0.0560. The Balaban J connectivity index is 2.01. The van der Waals surface area contributed by atoms with Crippen LogP contribution in [-0.4, -0.2) is 39.8 Å². The van der Waals surface area contributed by atoms with Gasteiger partial charge in [-0.3, -0.25) is 4.79 Å². The molecule has 0 aromatic heterocycles. The number of anilines is 1. The maximum Gasteiger partial charge on any atom is 0.342 e. The molecule has 0 aliphatic heterocycles. The van der Waals surface area contributed by atoms with Crippen molar-refractivity contribution in [3.05, 3.63) is 47.0 Å². The number of carbonyl (C=O) groups excluding carboxylic acids is 2. The predicted molar refractivity (Wildman–Crippen MR) is 96.5 cm³/mol. The topological polar surface area (TPSA) is 83.1 Å². The van der Waals surface area contributed by atoms with Crippen LogP contribution in [0.25, 0.3) is 0 Å². The minimum Gasteiger partial charge on any atom is -0.497 e. The Morgan fingerprint density at radius 1 is 0.962 bits per heavy atom. The number of rotatable bonds is 7. The van der Waals surface area contributed by atoms with Crippen LogP contribution >= 0.6 is 11.6 Å². The molecule has 8 heteroatoms. The lowest BCUT2D eigenvalue weighted by molar-refractivity contribution is -0.119. The van der Waals surface area contributed by atoms with E-state index in [0.717, 1.165) is 0 Å². The van der Waals surface area contributed by atoms with Crippen molar-refractivity contribution in [3.63, 3.8) is 0 Å². The third kappa shape index (κ3) is 4.80. The molecule has 0 saturated heterocycles. The highest BCUT2D eigenvalue weighted by Crippen LogP contribution is 2.29. The molecule has 2 aromatic rings. The molecule has 2 aromatic carbocycles. The lowest BCUT2D eigenvalue weighted by Gasteiger charge is -2.12. The molecule has 0 spiro atoms. The first-order valence-corrected chi connectivity index (χ1v) is 7.88. The molecule has 2 rings (SSSR count). The van der Waals surface area contributed by atoms with Gasteiger partial charge in [-0.15, -0.1) is 0 Å². The molecular weight excluding hydrogens is 362 g/mol. The molecular formula is C18H18ClNO6. The zero-order valence-corrected chi connectivity index (χ0v) is 15.3. The van der Waals surface area contributed by atoms with Crippen LogP contribution in [0.5, 0.6) is 17.2 Å². The highest BCUT2D eigenvalue weighted by molar-refractivity contribution is 6.31. The first-order valence-electron chi connectivity index (χ1n) is 7.51. The number of hydrogen-bond donors (Lipinski definition) is 1. The fourth-order valence-electron chi connectivity index (χ4n) is 2.14. The van der Waals surface area contributed by atoms with Gasteiger partial charge in [0.25, 0.3) is 5.91 Å². The van der Waals surface area contributed by atoms with Crippen molar-refractivity contribution in [1.29, 1.82) is 0 Å². The molecule has 7 nitrogen and oxygen atoms in total. The average molecular weight is 380 g/mol. The highest BCUT2D eigenvalue weighted by atomic mass is 35.5. The molecule has 0 atom stereocenters. The fourth-order valence-corrected chi connectivity index (χ4v) is 2.31. The number of ether oxygens (including phenoxy) is 4. The Morgan fingerprint density at radius 2 is 1.69 bits per heavy atom. The van der Waals surface area contributed by atoms with E-state index in [0.29, 0.717) is 28.0 Å². The molecule has 0 heterocycles. The standard InChI is InChI=1S/C18H18ClNO6/c1-23-12-5-6-14(16(9-12)25-3)20-17(21)10-26-18(22)13-8-11(19)4-7-15(13)24-2/h4-9H,10H2,1-3H3,(H,20,21). The number of nitrogens with one attached hydrogen (secondary N) is 1. The number of benzene rings is 2. The molecule has 138 valence electrons. The molecule has 0 bridgehead atoms. The van der Waals surface area contributed by atoms with Crippen molar-refractivity contribution >= 4 is 29.2 Å². The molecule has 0 aliphatic carbocycles. The van der Waals surface area contributed by atoms with E-state index in [-0.39, 0.29) is 5.56 Å². The van der Waals surface area contributed by atoms with Gasteiger partial charge in [0.2, 0.25) is 0 Å². The van der Waals surface area contributed by atoms with Crippen LogP contribution in [0.15, 0.2) is 36.4 Å². The number of carbonyl (C=O) groups is 2. The Hall–Kier alpha value is -2.93. The number of esters is 1. The van der Waals surface area contributed by atoms with E-state index in [1.54, 1.807) is 30.3 Å². The van der Waals surface area contributed by atoms with Crippen LogP contribution in [0.4, 0.5) is 5.69 Å². The summed E-state index contributed by atoms with van der Waals surface area (Å²) < 4.78 is 20.4. The van der Waals surface area contributed by atoms with Gasteiger partial charge in [-0.05, 0) is 30.3 Å². The van der Waals surface area contributed by atoms with Crippen LogP contribution in [0.2, 0.25) is 5.02 Å². The molecule has 0 saturated carbocycles. The Bertz CT molecular complexity index is 808. The lowest BCUT2D eigenvalue weighted by Crippen LogP contribution is -2.21. The van der Waals surface area contributed by atoms with E-state index in [1.165, 1.54) is 27.4 Å². The first-order chi connectivity index (χ1) is 12.5. The molecule has 1 N–H and O–H groups in total. The monoisotopic (exact) mass is 379 g/mol. The van der Waals surface area contributed by atoms with Crippen LogP contribution < -0.4 is 19.5 Å². The third-order valence-electron chi connectivity index (χ3n) is 3.40. The second kappa shape index (κ2) is 8.96. The van der Waals surface area contributed by atoms with Crippen LogP contribution in [-0.2, 0) is 9.53 Å². The van der Waals surface area contributed by atoms with Crippen LogP contribution in [0.3, 0.4) is 0 Å². The summed E-state index contributed by atoms with van der Waals surface area (Å²) in [6.45, 7) is -0.482. The van der Waals surface area contributed by atoms with E-state index in [9.17, 15) is 9.59 Å². The van der Waals surface area contributed by atoms with Gasteiger partial charge in [0.1, 0.15) is 22.8 Å². The average Bonchev–Trinajstić information content (AvgIpc) is 2.66. The van der Waals surface area contributed by atoms with Crippen molar-refractivity contribution in [3.8, 4) is 17.2 Å². The summed E-state index contributed by atoms with van der Waals surface area (Å²) in [5.41, 5.74) is 0.560. The van der Waals surface area contributed by atoms with E-state index >= 15 is 0 Å². The normalized spacial score (nSPS) is 10.0. The Morgan fingerprint density at radius 3 is 2.35 bits per heavy atom. The van der Waals surface area contributed by atoms with Crippen molar-refractivity contribution < 1.29 is 28.5 Å². The van der Waals surface area contributed by atoms with E-state index in [2.05, 4.69) is 5.32 Å². The van der Waals surface area contributed by atoms with E-state index in [4.69, 9.17) is 30.5 Å². The summed E-state index contributed by atoms with van der Waals surface area (Å²) in [7, 11) is 4.41. The van der Waals surface area contributed by atoms with Gasteiger partial charge in [-0.2, -0.15) is 0 Å². The number of amides is 1. The molecule has 0 unspecified atom stereocenters. The minimum absolute atomic E-state index is 0.134. The number of halogens is 1. The molecule has 0 radical (unpaired) electrons. The van der Waals surface area contributed by atoms with Gasteiger partial charge in [-0.25, -0.2) is 4.79 Å². The summed E-state index contributed by atoms with van der Waals surface area (Å²) in [4.78, 5) is 24.2. The summed E-state index contributed by atoms with van der Waals surface area (Å²) >= 11 is 5.88. The van der Waals surface area contributed by atoms with Gasteiger partial charge in [0.15, 0.2) is 6.61 Å². The minimum atomic E-state index is -0.721. The molecule has 26 heavy (non-hydrogen) atoms. The number of methoxy groups -OCH3 is 3. The van der Waals surface area contributed by atoms with Crippen molar-refractivity contribution in [1.82, 2.24) is 0 Å². The van der Waals surface area contributed by atoms with Crippen molar-refractivity contribution in [2.45, 2.75) is 0 Å². The SMILES string of the molecule is COc1ccc(NC(=O)COC(=O)c2cc(Cl)ccc2OC)c(OC)c1. The van der Waals surface area contributed by atoms with E-state index in [1.807, 2.05) is 0 Å². The highest BCUT2D eigenvalue weighted by Gasteiger charge is 2.17. The van der Waals surface area contributed by atoms with Crippen molar-refractivity contribution in [2.75, 3.05) is 33.3 Å². The zero-order valence-electron chi connectivity index (χ0n) is 14.5. The van der Waals surface area contributed by atoms with Gasteiger partial charge in [0, 0.05) is 11.1 Å². The third-order valence-corrected chi connectivity index (χ3v) is 3.63. The van der Waals surface area contributed by atoms with Gasteiger partial charge >= 0.3 is 5.97 Å². The van der Waals surface area contributed by atoms with Crippen LogP contribution in [0.1, 0.15) is 10.4 Å². The zero-order chi connectivity index (χ0) is 19.1. The smallest absolute Gasteiger partial charge is 0.342 e. The van der Waals surface area contributed by atoms with Gasteiger partial charge in [0.05, 0.1) is 27.0 Å². The second-order valence-corrected chi connectivity index (χ2v) is 5.47. The van der Waals surface area contributed by atoms with Gasteiger partial charge in [-0.1, -0.05) is 11.6 Å². The largest absolute Gasteiger partial charge is 0.497 e. The fraction of sp³-hybridized carbons (Fsp3) is 0.222. The molecule has 0 aliphatic rings. The first kappa shape index (κ1) is 19.4. The lowest BCUT2D eigenvalue weighted by atomic mass is 10.2. The predicted octanol–water partition coefficient (Wildman–Crippen LogP) is 3.16. The number of hydrogen-bond acceptors (Lipinski definition) is 6. The maximum atomic E-state index is 12.2. The van der Waals surface area contributed by atoms with E-state index < -0.39 is 18.5 Å². The molecule has 0 fully saturated rings.